The first-order valence-corrected chi connectivity index (χ1v) is 10.3. The SMILES string of the molecule is CN(CCO)[C@H]1CC[C@H](C2([C@@H](C(=O)OO)c3ccccc3)CCCC2)CC1. The van der Waals surface area contributed by atoms with Crippen LogP contribution in [0.2, 0.25) is 0 Å². The molecule has 0 aromatic heterocycles. The average molecular weight is 376 g/mol. The van der Waals surface area contributed by atoms with Crippen molar-refractivity contribution in [2.75, 3.05) is 20.2 Å². The van der Waals surface area contributed by atoms with Crippen molar-refractivity contribution in [1.29, 1.82) is 0 Å². The molecule has 3 rings (SSSR count). The Morgan fingerprint density at radius 2 is 1.81 bits per heavy atom. The highest BCUT2D eigenvalue weighted by atomic mass is 17.1. The summed E-state index contributed by atoms with van der Waals surface area (Å²) < 4.78 is 0. The molecule has 27 heavy (non-hydrogen) atoms. The topological polar surface area (TPSA) is 70.0 Å². The van der Waals surface area contributed by atoms with E-state index in [1.165, 1.54) is 0 Å². The second kappa shape index (κ2) is 9.18. The summed E-state index contributed by atoms with van der Waals surface area (Å²) in [6.07, 6.45) is 8.66. The van der Waals surface area contributed by atoms with Crippen LogP contribution in [0.5, 0.6) is 0 Å². The second-order valence-corrected chi connectivity index (χ2v) is 8.40. The molecule has 150 valence electrons. The Bertz CT molecular complexity index is 592. The van der Waals surface area contributed by atoms with E-state index in [0.717, 1.165) is 56.9 Å². The fourth-order valence-corrected chi connectivity index (χ4v) is 5.80. The molecule has 2 fully saturated rings. The van der Waals surface area contributed by atoms with E-state index in [2.05, 4.69) is 16.8 Å². The Morgan fingerprint density at radius 1 is 1.19 bits per heavy atom. The lowest BCUT2D eigenvalue weighted by Gasteiger charge is -2.46. The van der Waals surface area contributed by atoms with Gasteiger partial charge in [-0.1, -0.05) is 43.2 Å². The first-order valence-electron chi connectivity index (χ1n) is 10.3. The lowest BCUT2D eigenvalue weighted by atomic mass is 9.59. The molecular weight excluding hydrogens is 342 g/mol. The maximum absolute atomic E-state index is 12.7. The quantitative estimate of drug-likeness (QED) is 0.560. The van der Waals surface area contributed by atoms with Crippen molar-refractivity contribution in [2.45, 2.75) is 63.3 Å². The van der Waals surface area contributed by atoms with E-state index >= 15 is 0 Å². The molecule has 0 amide bonds. The number of carbonyl (C=O) groups excluding carboxylic acids is 1. The summed E-state index contributed by atoms with van der Waals surface area (Å²) in [4.78, 5) is 19.3. The highest BCUT2D eigenvalue weighted by molar-refractivity contribution is 5.79. The summed E-state index contributed by atoms with van der Waals surface area (Å²) in [6.45, 7) is 0.905. The molecule has 2 aliphatic carbocycles. The predicted octanol–water partition coefficient (Wildman–Crippen LogP) is 3.83. The highest BCUT2D eigenvalue weighted by Gasteiger charge is 2.52. The summed E-state index contributed by atoms with van der Waals surface area (Å²) >= 11 is 0. The molecule has 0 heterocycles. The Labute approximate surface area is 162 Å². The second-order valence-electron chi connectivity index (χ2n) is 8.40. The monoisotopic (exact) mass is 375 g/mol. The van der Waals surface area contributed by atoms with Gasteiger partial charge in [-0.15, -0.1) is 0 Å². The van der Waals surface area contributed by atoms with Crippen LogP contribution in [0.1, 0.15) is 62.8 Å². The number of aliphatic hydroxyl groups is 1. The van der Waals surface area contributed by atoms with E-state index in [9.17, 15) is 15.2 Å². The van der Waals surface area contributed by atoms with E-state index in [1.54, 1.807) is 0 Å². The molecule has 2 N–H and O–H groups in total. The van der Waals surface area contributed by atoms with Crippen LogP contribution in [0, 0.1) is 11.3 Å². The normalized spacial score (nSPS) is 26.1. The zero-order valence-electron chi connectivity index (χ0n) is 16.3. The van der Waals surface area contributed by atoms with Crippen molar-refractivity contribution in [2.24, 2.45) is 11.3 Å². The highest BCUT2D eigenvalue weighted by Crippen LogP contribution is 2.57. The van der Waals surface area contributed by atoms with Crippen molar-refractivity contribution in [1.82, 2.24) is 4.90 Å². The smallest absolute Gasteiger partial charge is 0.350 e. The van der Waals surface area contributed by atoms with E-state index < -0.39 is 11.9 Å². The third kappa shape index (κ3) is 4.20. The fraction of sp³-hybridized carbons (Fsp3) is 0.682. The molecule has 0 aliphatic heterocycles. The predicted molar refractivity (Wildman–Crippen MR) is 104 cm³/mol. The number of nitrogens with zero attached hydrogens (tertiary/aromatic N) is 1. The fourth-order valence-electron chi connectivity index (χ4n) is 5.80. The van der Waals surface area contributed by atoms with Crippen molar-refractivity contribution in [3.05, 3.63) is 35.9 Å². The summed E-state index contributed by atoms with van der Waals surface area (Å²) in [6, 6.07) is 10.3. The Morgan fingerprint density at radius 3 is 2.37 bits per heavy atom. The van der Waals surface area contributed by atoms with Gasteiger partial charge in [0.15, 0.2) is 0 Å². The minimum absolute atomic E-state index is 0.123. The average Bonchev–Trinajstić information content (AvgIpc) is 3.19. The van der Waals surface area contributed by atoms with Gasteiger partial charge in [0.05, 0.1) is 12.5 Å². The van der Waals surface area contributed by atoms with Crippen LogP contribution in [-0.4, -0.2) is 47.5 Å². The van der Waals surface area contributed by atoms with Crippen molar-refractivity contribution < 1.29 is 20.0 Å². The van der Waals surface area contributed by atoms with Gasteiger partial charge >= 0.3 is 5.97 Å². The zero-order valence-corrected chi connectivity index (χ0v) is 16.3. The van der Waals surface area contributed by atoms with Crippen LogP contribution < -0.4 is 0 Å². The van der Waals surface area contributed by atoms with Gasteiger partial charge in [-0.25, -0.2) is 4.79 Å². The van der Waals surface area contributed by atoms with Crippen molar-refractivity contribution >= 4 is 5.97 Å². The van der Waals surface area contributed by atoms with E-state index in [0.29, 0.717) is 18.5 Å². The molecule has 0 bridgehead atoms. The summed E-state index contributed by atoms with van der Waals surface area (Å²) in [7, 11) is 2.09. The number of rotatable bonds is 7. The van der Waals surface area contributed by atoms with Crippen LogP contribution in [0.15, 0.2) is 30.3 Å². The van der Waals surface area contributed by atoms with Gasteiger partial charge in [-0.3, -0.25) is 0 Å². The summed E-state index contributed by atoms with van der Waals surface area (Å²) in [5, 5.41) is 18.4. The Balaban J connectivity index is 1.83. The van der Waals surface area contributed by atoms with Crippen molar-refractivity contribution in [3.8, 4) is 0 Å². The van der Waals surface area contributed by atoms with Gasteiger partial charge in [0.2, 0.25) is 0 Å². The minimum atomic E-state index is -0.511. The summed E-state index contributed by atoms with van der Waals surface area (Å²) in [5.74, 6) is -0.450. The Kier molecular flexibility index (Phi) is 6.90. The van der Waals surface area contributed by atoms with E-state index in [-0.39, 0.29) is 12.0 Å². The van der Waals surface area contributed by atoms with Crippen LogP contribution in [0.25, 0.3) is 0 Å². The maximum atomic E-state index is 12.7. The largest absolute Gasteiger partial charge is 0.395 e. The number of hydrogen-bond acceptors (Lipinski definition) is 5. The number of hydrogen-bond donors (Lipinski definition) is 2. The van der Waals surface area contributed by atoms with Gasteiger partial charge in [-0.2, -0.15) is 5.26 Å². The molecule has 0 spiro atoms. The van der Waals surface area contributed by atoms with E-state index in [1.807, 2.05) is 30.3 Å². The van der Waals surface area contributed by atoms with Gasteiger partial charge < -0.3 is 14.9 Å². The van der Waals surface area contributed by atoms with Gasteiger partial charge in [0, 0.05) is 12.6 Å². The van der Waals surface area contributed by atoms with Crippen LogP contribution >= 0.6 is 0 Å². The Hall–Kier alpha value is -1.43. The maximum Gasteiger partial charge on any atom is 0.350 e. The first-order chi connectivity index (χ1) is 13.1. The van der Waals surface area contributed by atoms with Gasteiger partial charge in [0.1, 0.15) is 0 Å². The molecule has 5 nitrogen and oxygen atoms in total. The van der Waals surface area contributed by atoms with Crippen molar-refractivity contribution in [3.63, 3.8) is 0 Å². The number of likely N-dealkylation sites (N-methyl/N-ethyl adjacent to an activating group) is 1. The molecule has 0 unspecified atom stereocenters. The van der Waals surface area contributed by atoms with Gasteiger partial charge in [-0.05, 0) is 62.5 Å². The standard InChI is InChI=1S/C22H33NO4/c1-23(15-16-24)19-11-9-18(10-12-19)22(13-5-6-14-22)20(21(25)27-26)17-7-3-2-4-8-17/h2-4,7-8,18-20,24,26H,5-6,9-16H2,1H3/t18-,19-,20-/m1/s1. The molecule has 1 aromatic carbocycles. The van der Waals surface area contributed by atoms with Crippen LogP contribution in [0.4, 0.5) is 0 Å². The molecule has 0 radical (unpaired) electrons. The molecule has 0 saturated heterocycles. The molecule has 5 heteroatoms. The minimum Gasteiger partial charge on any atom is -0.395 e. The molecule has 1 aromatic rings. The third-order valence-electron chi connectivity index (χ3n) is 7.15. The number of benzene rings is 1. The third-order valence-corrected chi connectivity index (χ3v) is 7.15. The lowest BCUT2D eigenvalue weighted by Crippen LogP contribution is -2.44. The number of carbonyl (C=O) groups is 1. The first kappa shape index (κ1) is 20.3. The lowest BCUT2D eigenvalue weighted by molar-refractivity contribution is -0.240. The van der Waals surface area contributed by atoms with Crippen LogP contribution in [-0.2, 0) is 9.68 Å². The van der Waals surface area contributed by atoms with Gasteiger partial charge in [0.25, 0.3) is 0 Å². The molecule has 2 saturated carbocycles. The zero-order chi connectivity index (χ0) is 19.3. The molecule has 1 atom stereocenters. The summed E-state index contributed by atoms with van der Waals surface area (Å²) in [5.41, 5.74) is 0.833. The number of aliphatic hydroxyl groups excluding tert-OH is 1. The molecule has 2 aliphatic rings. The van der Waals surface area contributed by atoms with E-state index in [4.69, 9.17) is 0 Å². The van der Waals surface area contributed by atoms with Crippen LogP contribution in [0.3, 0.4) is 0 Å². The molecular formula is C22H33NO4.